The summed E-state index contributed by atoms with van der Waals surface area (Å²) in [6, 6.07) is 3.87. The second-order valence-electron chi connectivity index (χ2n) is 6.36. The lowest BCUT2D eigenvalue weighted by Crippen LogP contribution is -2.53. The Kier molecular flexibility index (Phi) is 5.53. The summed E-state index contributed by atoms with van der Waals surface area (Å²) in [5.41, 5.74) is 0. The summed E-state index contributed by atoms with van der Waals surface area (Å²) in [5.74, 6) is 0.327. The molecule has 2 fully saturated rings. The Hall–Kier alpha value is -1.44. The smallest absolute Gasteiger partial charge is 0.264 e. The molecule has 0 radical (unpaired) electrons. The Labute approximate surface area is 147 Å². The van der Waals surface area contributed by atoms with Gasteiger partial charge in [0.2, 0.25) is 5.91 Å². The first-order chi connectivity index (χ1) is 11.6. The van der Waals surface area contributed by atoms with Gasteiger partial charge in [0.05, 0.1) is 17.5 Å². The van der Waals surface area contributed by atoms with Gasteiger partial charge < -0.3 is 14.5 Å². The van der Waals surface area contributed by atoms with Gasteiger partial charge in [0.25, 0.3) is 5.91 Å². The first-order valence-electron chi connectivity index (χ1n) is 8.47. The van der Waals surface area contributed by atoms with Gasteiger partial charge in [-0.05, 0) is 25.5 Å². The van der Waals surface area contributed by atoms with E-state index in [2.05, 4.69) is 4.90 Å². The number of hydrogen-bond acceptors (Lipinski definition) is 5. The number of methoxy groups -OCH3 is 1. The maximum absolute atomic E-state index is 12.5. The summed E-state index contributed by atoms with van der Waals surface area (Å²) < 4.78 is 5.07. The Bertz CT molecular complexity index is 596. The fourth-order valence-corrected chi connectivity index (χ4v) is 4.26. The van der Waals surface area contributed by atoms with Crippen molar-refractivity contribution in [2.75, 3.05) is 53.0 Å². The lowest BCUT2D eigenvalue weighted by molar-refractivity contribution is -0.133. The molecule has 0 spiro atoms. The molecule has 2 aliphatic heterocycles. The van der Waals surface area contributed by atoms with Gasteiger partial charge in [-0.3, -0.25) is 14.5 Å². The number of aryl methyl sites for hydroxylation is 1. The highest BCUT2D eigenvalue weighted by Crippen LogP contribution is 2.21. The molecule has 6 nitrogen and oxygen atoms in total. The van der Waals surface area contributed by atoms with Crippen LogP contribution >= 0.6 is 11.3 Å². The third kappa shape index (κ3) is 3.63. The molecule has 132 valence electrons. The normalized spacial score (nSPS) is 22.4. The average Bonchev–Trinajstić information content (AvgIpc) is 3.19. The average molecular weight is 351 g/mol. The van der Waals surface area contributed by atoms with Crippen molar-refractivity contribution < 1.29 is 14.3 Å². The minimum Gasteiger partial charge on any atom is -0.383 e. The van der Waals surface area contributed by atoms with Gasteiger partial charge in [0.1, 0.15) is 0 Å². The number of piperazine rings is 1. The van der Waals surface area contributed by atoms with Crippen molar-refractivity contribution in [3.8, 4) is 0 Å². The number of carbonyl (C=O) groups excluding carboxylic acids is 2. The van der Waals surface area contributed by atoms with Crippen LogP contribution in [0.5, 0.6) is 0 Å². The van der Waals surface area contributed by atoms with Crippen LogP contribution in [0.4, 0.5) is 0 Å². The van der Waals surface area contributed by atoms with Crippen LogP contribution < -0.4 is 0 Å². The van der Waals surface area contributed by atoms with E-state index in [1.807, 2.05) is 28.9 Å². The van der Waals surface area contributed by atoms with Crippen molar-refractivity contribution in [3.63, 3.8) is 0 Å². The number of hydrogen-bond donors (Lipinski definition) is 0. The maximum atomic E-state index is 12.5. The van der Waals surface area contributed by atoms with Crippen LogP contribution in [0.3, 0.4) is 0 Å². The number of ether oxygens (including phenoxy) is 1. The number of thiophene rings is 1. The highest BCUT2D eigenvalue weighted by Gasteiger charge is 2.37. The molecule has 24 heavy (non-hydrogen) atoms. The highest BCUT2D eigenvalue weighted by atomic mass is 32.1. The van der Waals surface area contributed by atoms with Crippen LogP contribution in [-0.2, 0) is 9.53 Å². The minimum absolute atomic E-state index is 0.0249. The van der Waals surface area contributed by atoms with E-state index in [0.29, 0.717) is 26.2 Å². The van der Waals surface area contributed by atoms with E-state index in [1.165, 1.54) is 0 Å². The van der Waals surface area contributed by atoms with E-state index in [0.717, 1.165) is 35.8 Å². The van der Waals surface area contributed by atoms with E-state index in [9.17, 15) is 9.59 Å². The van der Waals surface area contributed by atoms with E-state index >= 15 is 0 Å². The summed E-state index contributed by atoms with van der Waals surface area (Å²) >= 11 is 1.55. The Morgan fingerprint density at radius 1 is 1.25 bits per heavy atom. The second kappa shape index (κ2) is 7.63. The van der Waals surface area contributed by atoms with Crippen LogP contribution in [0.25, 0.3) is 0 Å². The zero-order chi connectivity index (χ0) is 17.1. The molecule has 1 unspecified atom stereocenters. The molecule has 1 aromatic rings. The van der Waals surface area contributed by atoms with Crippen molar-refractivity contribution in [1.82, 2.24) is 14.7 Å². The van der Waals surface area contributed by atoms with Crippen LogP contribution in [0, 0.1) is 6.92 Å². The lowest BCUT2D eigenvalue weighted by atomic mass is 10.1. The molecular weight excluding hydrogens is 326 g/mol. The Balaban J connectivity index is 1.52. The Morgan fingerprint density at radius 2 is 2.00 bits per heavy atom. The number of likely N-dealkylation sites (tertiary alicyclic amines) is 1. The van der Waals surface area contributed by atoms with E-state index < -0.39 is 0 Å². The molecule has 0 bridgehead atoms. The van der Waals surface area contributed by atoms with Crippen molar-refractivity contribution in [2.24, 2.45) is 0 Å². The zero-order valence-corrected chi connectivity index (χ0v) is 15.2. The number of nitrogens with zero attached hydrogens (tertiary/aromatic N) is 3. The molecule has 0 saturated carbocycles. The zero-order valence-electron chi connectivity index (χ0n) is 14.4. The fourth-order valence-electron chi connectivity index (χ4n) is 3.43. The lowest BCUT2D eigenvalue weighted by Gasteiger charge is -2.37. The molecule has 0 aliphatic carbocycles. The maximum Gasteiger partial charge on any atom is 0.264 e. The minimum atomic E-state index is -0.0249. The quantitative estimate of drug-likeness (QED) is 0.796. The number of carbonyl (C=O) groups is 2. The van der Waals surface area contributed by atoms with Crippen molar-refractivity contribution in [1.29, 1.82) is 0 Å². The molecule has 1 aromatic heterocycles. The molecular formula is C17H25N3O3S. The highest BCUT2D eigenvalue weighted by molar-refractivity contribution is 7.13. The largest absolute Gasteiger partial charge is 0.383 e. The Morgan fingerprint density at radius 3 is 2.62 bits per heavy atom. The van der Waals surface area contributed by atoms with E-state index in [1.54, 1.807) is 18.4 Å². The molecule has 7 heteroatoms. The predicted molar refractivity (Wildman–Crippen MR) is 93.4 cm³/mol. The predicted octanol–water partition coefficient (Wildman–Crippen LogP) is 1.06. The molecule has 3 heterocycles. The SMILES string of the molecule is COCCN1CCC(N2CCN(C(=O)c3ccc(C)s3)CC2)C1=O. The van der Waals surface area contributed by atoms with Gasteiger partial charge in [-0.15, -0.1) is 11.3 Å². The molecule has 0 N–H and O–H groups in total. The molecule has 0 aromatic carbocycles. The summed E-state index contributed by atoms with van der Waals surface area (Å²) in [4.78, 5) is 33.0. The number of amides is 2. The molecule has 1 atom stereocenters. The fraction of sp³-hybridized carbons (Fsp3) is 0.647. The molecule has 3 rings (SSSR count). The van der Waals surface area contributed by atoms with Crippen LogP contribution in [-0.4, -0.2) is 85.5 Å². The van der Waals surface area contributed by atoms with Gasteiger partial charge in [0.15, 0.2) is 0 Å². The third-order valence-corrected chi connectivity index (χ3v) is 5.82. The van der Waals surface area contributed by atoms with Crippen molar-refractivity contribution >= 4 is 23.2 Å². The summed E-state index contributed by atoms with van der Waals surface area (Å²) in [7, 11) is 1.66. The summed E-state index contributed by atoms with van der Waals surface area (Å²) in [5, 5.41) is 0. The first-order valence-corrected chi connectivity index (χ1v) is 9.29. The van der Waals surface area contributed by atoms with Gasteiger partial charge in [-0.1, -0.05) is 0 Å². The van der Waals surface area contributed by atoms with E-state index in [4.69, 9.17) is 4.74 Å². The molecule has 2 saturated heterocycles. The van der Waals surface area contributed by atoms with Crippen molar-refractivity contribution in [3.05, 3.63) is 21.9 Å². The topological polar surface area (TPSA) is 53.1 Å². The number of rotatable bonds is 5. The van der Waals surface area contributed by atoms with Gasteiger partial charge >= 0.3 is 0 Å². The van der Waals surface area contributed by atoms with Crippen LogP contribution in [0.2, 0.25) is 0 Å². The summed E-state index contributed by atoms with van der Waals surface area (Å²) in [6.07, 6.45) is 0.876. The standard InChI is InChI=1S/C17H25N3O3S/c1-13-3-4-15(24-13)17(22)20-9-7-18(8-10-20)14-5-6-19(16(14)21)11-12-23-2/h3-4,14H,5-12H2,1-2H3. The van der Waals surface area contributed by atoms with Crippen LogP contribution in [0.1, 0.15) is 21.0 Å². The first kappa shape index (κ1) is 17.4. The molecule has 2 aliphatic rings. The van der Waals surface area contributed by atoms with Gasteiger partial charge in [-0.2, -0.15) is 0 Å². The van der Waals surface area contributed by atoms with E-state index in [-0.39, 0.29) is 17.9 Å². The van der Waals surface area contributed by atoms with Crippen molar-refractivity contribution in [2.45, 2.75) is 19.4 Å². The molecule has 2 amide bonds. The van der Waals surface area contributed by atoms with Crippen LogP contribution in [0.15, 0.2) is 12.1 Å². The second-order valence-corrected chi connectivity index (χ2v) is 7.65. The summed E-state index contributed by atoms with van der Waals surface area (Å²) in [6.45, 7) is 6.99. The van der Waals surface area contributed by atoms with Gasteiger partial charge in [0, 0.05) is 51.3 Å². The van der Waals surface area contributed by atoms with Gasteiger partial charge in [-0.25, -0.2) is 0 Å². The third-order valence-electron chi connectivity index (χ3n) is 4.83. The monoisotopic (exact) mass is 351 g/mol.